The first-order valence-corrected chi connectivity index (χ1v) is 8.27. The molecule has 1 aromatic rings. The Labute approximate surface area is 136 Å². The summed E-state index contributed by atoms with van der Waals surface area (Å²) >= 11 is 0. The monoisotopic (exact) mass is 317 g/mol. The minimum absolute atomic E-state index is 0.0581. The van der Waals surface area contributed by atoms with E-state index in [9.17, 15) is 9.59 Å². The summed E-state index contributed by atoms with van der Waals surface area (Å²) in [7, 11) is 0. The van der Waals surface area contributed by atoms with Crippen LogP contribution in [0.2, 0.25) is 0 Å². The first-order chi connectivity index (χ1) is 11.1. The fraction of sp³-hybridized carbons (Fsp3) is 0.625. The number of hydrogen-bond acceptors (Lipinski definition) is 5. The molecule has 2 aliphatic heterocycles. The van der Waals surface area contributed by atoms with E-state index in [0.29, 0.717) is 31.9 Å². The zero-order valence-electron chi connectivity index (χ0n) is 13.6. The molecule has 3 heterocycles. The molecule has 7 heteroatoms. The maximum absolute atomic E-state index is 12.5. The van der Waals surface area contributed by atoms with Crippen LogP contribution < -0.4 is 4.90 Å². The lowest BCUT2D eigenvalue weighted by Gasteiger charge is -2.34. The Hall–Kier alpha value is -2.18. The molecule has 0 radical (unpaired) electrons. The lowest BCUT2D eigenvalue weighted by atomic mass is 10.1. The Balaban J connectivity index is 1.60. The van der Waals surface area contributed by atoms with Crippen LogP contribution in [0.3, 0.4) is 0 Å². The molecule has 7 nitrogen and oxygen atoms in total. The fourth-order valence-electron chi connectivity index (χ4n) is 3.10. The number of carbonyl (C=O) groups is 2. The third kappa shape index (κ3) is 3.60. The predicted molar refractivity (Wildman–Crippen MR) is 86.3 cm³/mol. The van der Waals surface area contributed by atoms with E-state index >= 15 is 0 Å². The van der Waals surface area contributed by atoms with Gasteiger partial charge in [-0.25, -0.2) is 9.97 Å². The molecule has 124 valence electrons. The van der Waals surface area contributed by atoms with Gasteiger partial charge in [-0.3, -0.25) is 9.59 Å². The van der Waals surface area contributed by atoms with Gasteiger partial charge in [0.15, 0.2) is 0 Å². The summed E-state index contributed by atoms with van der Waals surface area (Å²) in [5.41, 5.74) is 0.377. The Kier molecular flexibility index (Phi) is 4.73. The second-order valence-electron chi connectivity index (χ2n) is 6.11. The maximum atomic E-state index is 12.5. The maximum Gasteiger partial charge on any atom is 0.274 e. The van der Waals surface area contributed by atoms with Crippen LogP contribution in [-0.2, 0) is 4.79 Å². The van der Waals surface area contributed by atoms with Gasteiger partial charge in [0, 0.05) is 46.2 Å². The van der Waals surface area contributed by atoms with Gasteiger partial charge in [0.05, 0.1) is 12.4 Å². The molecule has 0 N–H and O–H groups in total. The van der Waals surface area contributed by atoms with E-state index in [2.05, 4.69) is 14.9 Å². The minimum atomic E-state index is -0.106. The molecule has 23 heavy (non-hydrogen) atoms. The SMILES string of the molecule is CC(=O)N1CCN(C(=O)c2cnc(N3CCCCC3)cn2)CC1. The van der Waals surface area contributed by atoms with Gasteiger partial charge in [0.2, 0.25) is 5.91 Å². The van der Waals surface area contributed by atoms with Crippen molar-refractivity contribution in [2.24, 2.45) is 0 Å². The van der Waals surface area contributed by atoms with Crippen molar-refractivity contribution in [3.8, 4) is 0 Å². The standard InChI is InChI=1S/C16H23N5O2/c1-13(22)19-7-9-21(10-8-19)16(23)14-11-18-15(12-17-14)20-5-3-2-4-6-20/h11-12H,2-10H2,1H3. The summed E-state index contributed by atoms with van der Waals surface area (Å²) in [6.07, 6.45) is 6.91. The van der Waals surface area contributed by atoms with Crippen LogP contribution in [0.4, 0.5) is 5.82 Å². The van der Waals surface area contributed by atoms with Gasteiger partial charge >= 0.3 is 0 Å². The lowest BCUT2D eigenvalue weighted by molar-refractivity contribution is -0.130. The van der Waals surface area contributed by atoms with E-state index in [1.54, 1.807) is 29.1 Å². The van der Waals surface area contributed by atoms with Crippen molar-refractivity contribution in [2.45, 2.75) is 26.2 Å². The molecule has 3 rings (SSSR count). The summed E-state index contributed by atoms with van der Waals surface area (Å²) in [5, 5.41) is 0. The third-order valence-electron chi connectivity index (χ3n) is 4.55. The molecule has 0 spiro atoms. The van der Waals surface area contributed by atoms with Crippen molar-refractivity contribution in [3.05, 3.63) is 18.1 Å². The topological polar surface area (TPSA) is 69.6 Å². The molecule has 2 aliphatic rings. The number of piperazine rings is 1. The lowest BCUT2D eigenvalue weighted by Crippen LogP contribution is -2.50. The van der Waals surface area contributed by atoms with Crippen molar-refractivity contribution in [1.29, 1.82) is 0 Å². The highest BCUT2D eigenvalue weighted by Crippen LogP contribution is 2.16. The first-order valence-electron chi connectivity index (χ1n) is 8.27. The Morgan fingerprint density at radius 1 is 0.870 bits per heavy atom. The van der Waals surface area contributed by atoms with Gasteiger partial charge in [-0.05, 0) is 19.3 Å². The van der Waals surface area contributed by atoms with Gasteiger partial charge in [-0.1, -0.05) is 0 Å². The van der Waals surface area contributed by atoms with E-state index in [1.807, 2.05) is 0 Å². The molecule has 0 aliphatic carbocycles. The highest BCUT2D eigenvalue weighted by molar-refractivity contribution is 5.92. The molecule has 0 aromatic carbocycles. The number of piperidine rings is 1. The molecule has 0 unspecified atom stereocenters. The van der Waals surface area contributed by atoms with Gasteiger partial charge < -0.3 is 14.7 Å². The molecule has 2 amide bonds. The molecular weight excluding hydrogens is 294 g/mol. The van der Waals surface area contributed by atoms with Crippen molar-refractivity contribution in [1.82, 2.24) is 19.8 Å². The fourth-order valence-corrected chi connectivity index (χ4v) is 3.10. The summed E-state index contributed by atoms with van der Waals surface area (Å²) < 4.78 is 0. The Morgan fingerprint density at radius 2 is 1.52 bits per heavy atom. The van der Waals surface area contributed by atoms with E-state index in [-0.39, 0.29) is 11.8 Å². The first kappa shape index (κ1) is 15.7. The average Bonchev–Trinajstić information content (AvgIpc) is 2.62. The summed E-state index contributed by atoms with van der Waals surface area (Å²) in [4.78, 5) is 38.2. The number of anilines is 1. The predicted octanol–water partition coefficient (Wildman–Crippen LogP) is 0.771. The quantitative estimate of drug-likeness (QED) is 0.806. The number of hydrogen-bond donors (Lipinski definition) is 0. The zero-order valence-corrected chi connectivity index (χ0v) is 13.6. The Bertz CT molecular complexity index is 560. The highest BCUT2D eigenvalue weighted by atomic mass is 16.2. The van der Waals surface area contributed by atoms with E-state index in [4.69, 9.17) is 0 Å². The smallest absolute Gasteiger partial charge is 0.274 e. The largest absolute Gasteiger partial charge is 0.355 e. The number of amides is 2. The van der Waals surface area contributed by atoms with Gasteiger partial charge in [-0.2, -0.15) is 0 Å². The molecule has 0 bridgehead atoms. The second-order valence-corrected chi connectivity index (χ2v) is 6.11. The highest BCUT2D eigenvalue weighted by Gasteiger charge is 2.24. The van der Waals surface area contributed by atoms with Crippen molar-refractivity contribution in [3.63, 3.8) is 0 Å². The van der Waals surface area contributed by atoms with E-state index < -0.39 is 0 Å². The molecule has 1 aromatic heterocycles. The summed E-state index contributed by atoms with van der Waals surface area (Å²) in [6.45, 7) is 5.84. The van der Waals surface area contributed by atoms with Crippen LogP contribution in [0.25, 0.3) is 0 Å². The summed E-state index contributed by atoms with van der Waals surface area (Å²) in [5.74, 6) is 0.802. The minimum Gasteiger partial charge on any atom is -0.355 e. The molecular formula is C16H23N5O2. The van der Waals surface area contributed by atoms with Crippen molar-refractivity contribution in [2.75, 3.05) is 44.2 Å². The molecule has 2 saturated heterocycles. The van der Waals surface area contributed by atoms with E-state index in [1.165, 1.54) is 19.3 Å². The van der Waals surface area contributed by atoms with Crippen LogP contribution in [0.1, 0.15) is 36.7 Å². The molecule has 0 saturated carbocycles. The van der Waals surface area contributed by atoms with Gasteiger partial charge in [0.25, 0.3) is 5.91 Å². The van der Waals surface area contributed by atoms with Gasteiger partial charge in [0.1, 0.15) is 11.5 Å². The van der Waals surface area contributed by atoms with E-state index in [0.717, 1.165) is 18.9 Å². The Morgan fingerprint density at radius 3 is 2.09 bits per heavy atom. The van der Waals surface area contributed by atoms with Crippen LogP contribution in [0, 0.1) is 0 Å². The van der Waals surface area contributed by atoms with Crippen molar-refractivity contribution < 1.29 is 9.59 Å². The average molecular weight is 317 g/mol. The summed E-state index contributed by atoms with van der Waals surface area (Å²) in [6, 6.07) is 0. The molecule has 2 fully saturated rings. The van der Waals surface area contributed by atoms with Crippen LogP contribution >= 0.6 is 0 Å². The second kappa shape index (κ2) is 6.93. The van der Waals surface area contributed by atoms with Crippen LogP contribution in [0.5, 0.6) is 0 Å². The number of carbonyl (C=O) groups excluding carboxylic acids is 2. The van der Waals surface area contributed by atoms with Gasteiger partial charge in [-0.15, -0.1) is 0 Å². The zero-order chi connectivity index (χ0) is 16.2. The number of nitrogens with zero attached hydrogens (tertiary/aromatic N) is 5. The van der Waals surface area contributed by atoms with Crippen molar-refractivity contribution >= 4 is 17.6 Å². The third-order valence-corrected chi connectivity index (χ3v) is 4.55. The number of rotatable bonds is 2. The van der Waals surface area contributed by atoms with Crippen LogP contribution in [-0.4, -0.2) is 70.9 Å². The molecule has 0 atom stereocenters. The normalized spacial score (nSPS) is 18.9. The van der Waals surface area contributed by atoms with Crippen LogP contribution in [0.15, 0.2) is 12.4 Å². The number of aromatic nitrogens is 2.